The van der Waals surface area contributed by atoms with Crippen LogP contribution in [0.1, 0.15) is 16.7 Å². The molecular weight excluding hydrogens is 298 g/mol. The molecule has 2 aromatic carbocycles. The van der Waals surface area contributed by atoms with Crippen LogP contribution in [0, 0.1) is 13.8 Å². The zero-order valence-corrected chi connectivity index (χ0v) is 13.7. The number of ether oxygens (including phenoxy) is 1. The number of anilines is 1. The standard InChI is InChI=1S/C20H19N3O/c1-15-6-9-19(13-16(15)2)24-18-10-7-17(8-11-18)14-22-23-20-5-3-4-12-21-20/h3-14H,1-2H3,(H,21,23). The van der Waals surface area contributed by atoms with Crippen molar-refractivity contribution in [3.8, 4) is 11.5 Å². The molecule has 3 rings (SSSR count). The molecule has 0 bridgehead atoms. The van der Waals surface area contributed by atoms with Gasteiger partial charge in [-0.3, -0.25) is 5.43 Å². The lowest BCUT2D eigenvalue weighted by molar-refractivity contribution is 0.482. The third-order valence-corrected chi connectivity index (χ3v) is 3.65. The molecule has 0 unspecified atom stereocenters. The van der Waals surface area contributed by atoms with E-state index in [1.165, 1.54) is 11.1 Å². The summed E-state index contributed by atoms with van der Waals surface area (Å²) >= 11 is 0. The van der Waals surface area contributed by atoms with Crippen molar-refractivity contribution in [1.82, 2.24) is 4.98 Å². The van der Waals surface area contributed by atoms with Crippen LogP contribution in [0.15, 0.2) is 72.0 Å². The number of nitrogens with one attached hydrogen (secondary N) is 1. The molecule has 0 atom stereocenters. The Hall–Kier alpha value is -3.14. The van der Waals surface area contributed by atoms with Crippen molar-refractivity contribution >= 4 is 12.0 Å². The van der Waals surface area contributed by atoms with Gasteiger partial charge in [0.2, 0.25) is 0 Å². The van der Waals surface area contributed by atoms with Crippen LogP contribution in [0.5, 0.6) is 11.5 Å². The quantitative estimate of drug-likeness (QED) is 0.536. The van der Waals surface area contributed by atoms with Crippen molar-refractivity contribution in [2.24, 2.45) is 5.10 Å². The second kappa shape index (κ2) is 7.42. The van der Waals surface area contributed by atoms with E-state index in [1.54, 1.807) is 12.4 Å². The van der Waals surface area contributed by atoms with Gasteiger partial charge in [0, 0.05) is 6.20 Å². The normalized spacial score (nSPS) is 10.8. The minimum atomic E-state index is 0.712. The molecule has 4 nitrogen and oxygen atoms in total. The van der Waals surface area contributed by atoms with Gasteiger partial charge in [-0.1, -0.05) is 12.1 Å². The molecule has 120 valence electrons. The van der Waals surface area contributed by atoms with Crippen molar-refractivity contribution in [2.75, 3.05) is 5.43 Å². The predicted octanol–water partition coefficient (Wildman–Crippen LogP) is 4.94. The maximum absolute atomic E-state index is 5.87. The summed E-state index contributed by atoms with van der Waals surface area (Å²) in [6.07, 6.45) is 3.46. The highest BCUT2D eigenvalue weighted by Crippen LogP contribution is 2.23. The molecule has 1 N–H and O–H groups in total. The van der Waals surface area contributed by atoms with Crippen LogP contribution in [-0.4, -0.2) is 11.2 Å². The first-order chi connectivity index (χ1) is 11.7. The highest BCUT2D eigenvalue weighted by Gasteiger charge is 2.00. The summed E-state index contributed by atoms with van der Waals surface area (Å²) in [6.45, 7) is 4.17. The molecule has 0 fully saturated rings. The molecule has 24 heavy (non-hydrogen) atoms. The highest BCUT2D eigenvalue weighted by atomic mass is 16.5. The van der Waals surface area contributed by atoms with Gasteiger partial charge in [-0.25, -0.2) is 4.98 Å². The second-order valence-corrected chi connectivity index (χ2v) is 5.50. The van der Waals surface area contributed by atoms with Crippen molar-refractivity contribution in [1.29, 1.82) is 0 Å². The van der Waals surface area contributed by atoms with E-state index in [9.17, 15) is 0 Å². The Morgan fingerprint density at radius 3 is 2.42 bits per heavy atom. The maximum Gasteiger partial charge on any atom is 0.146 e. The molecule has 3 aromatic rings. The Balaban J connectivity index is 1.61. The van der Waals surface area contributed by atoms with Gasteiger partial charge in [0.05, 0.1) is 6.21 Å². The Bertz CT molecular complexity index is 827. The zero-order chi connectivity index (χ0) is 16.8. The number of benzene rings is 2. The van der Waals surface area contributed by atoms with Gasteiger partial charge < -0.3 is 4.74 Å². The summed E-state index contributed by atoms with van der Waals surface area (Å²) < 4.78 is 5.87. The van der Waals surface area contributed by atoms with Crippen molar-refractivity contribution in [2.45, 2.75) is 13.8 Å². The van der Waals surface area contributed by atoms with Gasteiger partial charge in [0.1, 0.15) is 17.3 Å². The fraction of sp³-hybridized carbons (Fsp3) is 0.100. The van der Waals surface area contributed by atoms with Crippen LogP contribution in [-0.2, 0) is 0 Å². The molecule has 1 aromatic heterocycles. The predicted molar refractivity (Wildman–Crippen MR) is 97.9 cm³/mol. The Labute approximate surface area is 141 Å². The van der Waals surface area contributed by atoms with Gasteiger partial charge in [0.15, 0.2) is 0 Å². The summed E-state index contributed by atoms with van der Waals surface area (Å²) in [5, 5.41) is 4.17. The SMILES string of the molecule is Cc1ccc(Oc2ccc(C=NNc3ccccn3)cc2)cc1C. The highest BCUT2D eigenvalue weighted by molar-refractivity contribution is 5.80. The molecule has 0 saturated carbocycles. The van der Waals surface area contributed by atoms with E-state index in [2.05, 4.69) is 35.4 Å². The van der Waals surface area contributed by atoms with Crippen LogP contribution in [0.3, 0.4) is 0 Å². The monoisotopic (exact) mass is 317 g/mol. The summed E-state index contributed by atoms with van der Waals surface area (Å²) in [4.78, 5) is 4.14. The van der Waals surface area contributed by atoms with Gasteiger partial charge in [-0.15, -0.1) is 0 Å². The van der Waals surface area contributed by atoms with Gasteiger partial charge in [0.25, 0.3) is 0 Å². The minimum absolute atomic E-state index is 0.712. The lowest BCUT2D eigenvalue weighted by Crippen LogP contribution is -1.92. The molecule has 0 radical (unpaired) electrons. The van der Waals surface area contributed by atoms with Crippen LogP contribution < -0.4 is 10.2 Å². The van der Waals surface area contributed by atoms with Crippen LogP contribution in [0.25, 0.3) is 0 Å². The molecule has 0 aliphatic heterocycles. The molecule has 0 amide bonds. The summed E-state index contributed by atoms with van der Waals surface area (Å²) in [5.41, 5.74) is 6.34. The van der Waals surface area contributed by atoms with E-state index >= 15 is 0 Å². The van der Waals surface area contributed by atoms with Gasteiger partial charge in [-0.05, 0) is 79.1 Å². The van der Waals surface area contributed by atoms with Gasteiger partial charge >= 0.3 is 0 Å². The van der Waals surface area contributed by atoms with E-state index in [0.717, 1.165) is 17.1 Å². The van der Waals surface area contributed by atoms with Crippen molar-refractivity contribution in [3.63, 3.8) is 0 Å². The number of aromatic nitrogens is 1. The van der Waals surface area contributed by atoms with Crippen LogP contribution >= 0.6 is 0 Å². The third kappa shape index (κ3) is 4.20. The zero-order valence-electron chi connectivity index (χ0n) is 13.7. The third-order valence-electron chi connectivity index (χ3n) is 3.65. The average molecular weight is 317 g/mol. The molecule has 0 saturated heterocycles. The summed E-state index contributed by atoms with van der Waals surface area (Å²) in [5.74, 6) is 2.35. The number of nitrogens with zero attached hydrogens (tertiary/aromatic N) is 2. The fourth-order valence-electron chi connectivity index (χ4n) is 2.14. The Morgan fingerprint density at radius 1 is 0.917 bits per heavy atom. The van der Waals surface area contributed by atoms with Crippen LogP contribution in [0.2, 0.25) is 0 Å². The van der Waals surface area contributed by atoms with E-state index in [4.69, 9.17) is 4.74 Å². The van der Waals surface area contributed by atoms with Crippen molar-refractivity contribution in [3.05, 3.63) is 83.6 Å². The Kier molecular flexibility index (Phi) is 4.87. The molecule has 0 aliphatic carbocycles. The maximum atomic E-state index is 5.87. The lowest BCUT2D eigenvalue weighted by Gasteiger charge is -2.08. The first-order valence-corrected chi connectivity index (χ1v) is 7.76. The number of aryl methyl sites for hydroxylation is 2. The minimum Gasteiger partial charge on any atom is -0.457 e. The summed E-state index contributed by atoms with van der Waals surface area (Å²) in [6, 6.07) is 19.5. The fourth-order valence-corrected chi connectivity index (χ4v) is 2.14. The average Bonchev–Trinajstić information content (AvgIpc) is 2.61. The second-order valence-electron chi connectivity index (χ2n) is 5.50. The van der Waals surface area contributed by atoms with E-state index < -0.39 is 0 Å². The molecule has 1 heterocycles. The molecule has 4 heteroatoms. The van der Waals surface area contributed by atoms with E-state index in [1.807, 2.05) is 54.6 Å². The Morgan fingerprint density at radius 2 is 1.71 bits per heavy atom. The smallest absolute Gasteiger partial charge is 0.146 e. The first-order valence-electron chi connectivity index (χ1n) is 7.76. The van der Waals surface area contributed by atoms with Gasteiger partial charge in [-0.2, -0.15) is 5.10 Å². The number of pyridine rings is 1. The number of rotatable bonds is 5. The lowest BCUT2D eigenvalue weighted by atomic mass is 10.1. The molecule has 0 spiro atoms. The van der Waals surface area contributed by atoms with Crippen LogP contribution in [0.4, 0.5) is 5.82 Å². The van der Waals surface area contributed by atoms with E-state index in [-0.39, 0.29) is 0 Å². The number of hydrogen-bond acceptors (Lipinski definition) is 4. The largest absolute Gasteiger partial charge is 0.457 e. The summed E-state index contributed by atoms with van der Waals surface area (Å²) in [7, 11) is 0. The number of hydrazone groups is 1. The number of hydrogen-bond donors (Lipinski definition) is 1. The van der Waals surface area contributed by atoms with Crippen molar-refractivity contribution < 1.29 is 4.74 Å². The topological polar surface area (TPSA) is 46.5 Å². The molecule has 0 aliphatic rings. The van der Waals surface area contributed by atoms with E-state index in [0.29, 0.717) is 5.82 Å². The first kappa shape index (κ1) is 15.7. The molecular formula is C20H19N3O.